The van der Waals surface area contributed by atoms with Gasteiger partial charge in [0.15, 0.2) is 5.78 Å². The zero-order valence-corrected chi connectivity index (χ0v) is 19.8. The zero-order chi connectivity index (χ0) is 21.2. The average molecular weight is 530 g/mol. The molecule has 0 radical (unpaired) electrons. The minimum absolute atomic E-state index is 0.115. The molecule has 6 rings (SSSR count). The SMILES string of the molecule is O=C1C2=C(c3cccc4cc5ccccc5cc34)C(Br)(Br)CC=C2Cc2ccccc21. The van der Waals surface area contributed by atoms with E-state index in [-0.39, 0.29) is 5.78 Å². The molecule has 0 spiro atoms. The van der Waals surface area contributed by atoms with E-state index in [1.807, 2.05) is 18.2 Å². The predicted octanol–water partition coefficient (Wildman–Crippen LogP) is 8.00. The number of alkyl halides is 2. The van der Waals surface area contributed by atoms with Gasteiger partial charge in [0.05, 0.1) is 0 Å². The number of hydrogen-bond acceptors (Lipinski definition) is 1. The molecule has 0 unspecified atom stereocenters. The number of fused-ring (bicyclic) bond motifs is 4. The number of rotatable bonds is 1. The second-order valence-corrected chi connectivity index (χ2v) is 12.0. The summed E-state index contributed by atoms with van der Waals surface area (Å²) >= 11 is 7.85. The molecule has 0 saturated heterocycles. The molecule has 0 aliphatic heterocycles. The molecule has 0 heterocycles. The van der Waals surface area contributed by atoms with Crippen molar-refractivity contribution in [3.8, 4) is 0 Å². The van der Waals surface area contributed by atoms with Gasteiger partial charge < -0.3 is 0 Å². The molecule has 3 heteroatoms. The summed E-state index contributed by atoms with van der Waals surface area (Å²) in [7, 11) is 0. The second kappa shape index (κ2) is 7.01. The summed E-state index contributed by atoms with van der Waals surface area (Å²) < 4.78 is -0.485. The quantitative estimate of drug-likeness (QED) is 0.180. The van der Waals surface area contributed by atoms with Crippen LogP contribution in [0.4, 0.5) is 0 Å². The highest BCUT2D eigenvalue weighted by molar-refractivity contribution is 9.25. The van der Waals surface area contributed by atoms with Crippen LogP contribution in [0.2, 0.25) is 0 Å². The van der Waals surface area contributed by atoms with Crippen molar-refractivity contribution in [1.29, 1.82) is 0 Å². The van der Waals surface area contributed by atoms with E-state index < -0.39 is 3.23 Å². The lowest BCUT2D eigenvalue weighted by Gasteiger charge is -2.34. The number of ketones is 1. The van der Waals surface area contributed by atoms with Crippen molar-refractivity contribution in [2.75, 3.05) is 0 Å². The van der Waals surface area contributed by atoms with Crippen LogP contribution in [0.3, 0.4) is 0 Å². The van der Waals surface area contributed by atoms with Gasteiger partial charge in [-0.25, -0.2) is 0 Å². The Morgan fingerprint density at radius 1 is 0.742 bits per heavy atom. The Kier molecular flexibility index (Phi) is 4.35. The first-order chi connectivity index (χ1) is 15.0. The van der Waals surface area contributed by atoms with E-state index in [0.29, 0.717) is 0 Å². The van der Waals surface area contributed by atoms with E-state index in [9.17, 15) is 4.79 Å². The maximum Gasteiger partial charge on any atom is 0.193 e. The lowest BCUT2D eigenvalue weighted by Crippen LogP contribution is -2.27. The smallest absolute Gasteiger partial charge is 0.193 e. The van der Waals surface area contributed by atoms with Crippen LogP contribution < -0.4 is 0 Å². The number of hydrogen-bond donors (Lipinski definition) is 0. The number of Topliss-reactive ketones (excluding diaryl/α,β-unsaturated/α-hetero) is 1. The van der Waals surface area contributed by atoms with Crippen molar-refractivity contribution < 1.29 is 4.79 Å². The van der Waals surface area contributed by atoms with Crippen LogP contribution in [0.5, 0.6) is 0 Å². The van der Waals surface area contributed by atoms with E-state index in [1.165, 1.54) is 21.5 Å². The summed E-state index contributed by atoms with van der Waals surface area (Å²) in [6.07, 6.45) is 3.78. The van der Waals surface area contributed by atoms with Crippen molar-refractivity contribution in [3.05, 3.63) is 113 Å². The molecular weight excluding hydrogens is 512 g/mol. The van der Waals surface area contributed by atoms with Crippen molar-refractivity contribution in [2.24, 2.45) is 0 Å². The molecular formula is C28H18Br2O. The Labute approximate surface area is 197 Å². The van der Waals surface area contributed by atoms with Gasteiger partial charge in [0, 0.05) is 11.1 Å². The Morgan fingerprint density at radius 2 is 1.42 bits per heavy atom. The predicted molar refractivity (Wildman–Crippen MR) is 136 cm³/mol. The van der Waals surface area contributed by atoms with Crippen LogP contribution >= 0.6 is 31.9 Å². The van der Waals surface area contributed by atoms with Gasteiger partial charge >= 0.3 is 0 Å². The highest BCUT2D eigenvalue weighted by Gasteiger charge is 2.40. The topological polar surface area (TPSA) is 17.1 Å². The van der Waals surface area contributed by atoms with Crippen LogP contribution in [0, 0.1) is 0 Å². The normalized spacial score (nSPS) is 17.5. The van der Waals surface area contributed by atoms with E-state index in [0.717, 1.165) is 46.3 Å². The summed E-state index contributed by atoms with van der Waals surface area (Å²) in [5.74, 6) is 0.115. The fraction of sp³-hybridized carbons (Fsp3) is 0.107. The molecule has 0 bridgehead atoms. The lowest BCUT2D eigenvalue weighted by atomic mass is 9.75. The van der Waals surface area contributed by atoms with Gasteiger partial charge in [-0.2, -0.15) is 0 Å². The van der Waals surface area contributed by atoms with Gasteiger partial charge in [-0.15, -0.1) is 0 Å². The zero-order valence-electron chi connectivity index (χ0n) is 16.7. The molecule has 4 aromatic rings. The van der Waals surface area contributed by atoms with Crippen LogP contribution in [-0.4, -0.2) is 9.02 Å². The fourth-order valence-electron chi connectivity index (χ4n) is 4.97. The summed E-state index contributed by atoms with van der Waals surface area (Å²) in [4.78, 5) is 13.7. The molecule has 2 aliphatic carbocycles. The van der Waals surface area contributed by atoms with Crippen molar-refractivity contribution in [2.45, 2.75) is 16.1 Å². The molecule has 0 fully saturated rings. The van der Waals surface area contributed by atoms with Crippen molar-refractivity contribution in [1.82, 2.24) is 0 Å². The third kappa shape index (κ3) is 2.98. The van der Waals surface area contributed by atoms with Gasteiger partial charge in [-0.3, -0.25) is 4.79 Å². The largest absolute Gasteiger partial charge is 0.289 e. The Morgan fingerprint density at radius 3 is 2.26 bits per heavy atom. The van der Waals surface area contributed by atoms with Crippen LogP contribution in [0.15, 0.2) is 96.1 Å². The number of halogens is 2. The third-order valence-electron chi connectivity index (χ3n) is 6.43. The van der Waals surface area contributed by atoms with E-state index in [2.05, 4.69) is 98.6 Å². The van der Waals surface area contributed by atoms with E-state index in [1.54, 1.807) is 0 Å². The minimum atomic E-state index is -0.485. The van der Waals surface area contributed by atoms with Gasteiger partial charge in [-0.05, 0) is 68.8 Å². The lowest BCUT2D eigenvalue weighted by molar-refractivity contribution is 0.103. The molecule has 0 saturated carbocycles. The summed E-state index contributed by atoms with van der Waals surface area (Å²) in [5, 5.41) is 4.77. The molecule has 1 nitrogen and oxygen atoms in total. The third-order valence-corrected chi connectivity index (χ3v) is 7.87. The van der Waals surface area contributed by atoms with Gasteiger partial charge in [0.1, 0.15) is 3.23 Å². The highest BCUT2D eigenvalue weighted by Crippen LogP contribution is 2.53. The first-order valence-electron chi connectivity index (χ1n) is 10.4. The molecule has 0 amide bonds. The van der Waals surface area contributed by atoms with Gasteiger partial charge in [0.2, 0.25) is 0 Å². The summed E-state index contributed by atoms with van der Waals surface area (Å²) in [5.41, 5.74) is 6.03. The highest BCUT2D eigenvalue weighted by atomic mass is 79.9. The second-order valence-electron chi connectivity index (χ2n) is 8.28. The number of carbonyl (C=O) groups excluding carboxylic acids is 1. The van der Waals surface area contributed by atoms with Gasteiger partial charge in [0.25, 0.3) is 0 Å². The molecule has 0 aromatic heterocycles. The van der Waals surface area contributed by atoms with Gasteiger partial charge in [-0.1, -0.05) is 105 Å². The van der Waals surface area contributed by atoms with E-state index in [4.69, 9.17) is 0 Å². The van der Waals surface area contributed by atoms with E-state index >= 15 is 0 Å². The monoisotopic (exact) mass is 528 g/mol. The molecule has 150 valence electrons. The summed E-state index contributed by atoms with van der Waals surface area (Å²) in [6, 6.07) is 27.3. The van der Waals surface area contributed by atoms with Crippen molar-refractivity contribution >= 4 is 64.8 Å². The first kappa shape index (κ1) is 19.2. The van der Waals surface area contributed by atoms with Crippen LogP contribution in [0.25, 0.3) is 27.1 Å². The van der Waals surface area contributed by atoms with Crippen molar-refractivity contribution in [3.63, 3.8) is 0 Å². The fourth-order valence-corrected chi connectivity index (χ4v) is 6.12. The molecule has 2 aliphatic rings. The first-order valence-corrected chi connectivity index (χ1v) is 12.0. The summed E-state index contributed by atoms with van der Waals surface area (Å²) in [6.45, 7) is 0. The maximum absolute atomic E-state index is 13.7. The minimum Gasteiger partial charge on any atom is -0.289 e. The number of carbonyl (C=O) groups is 1. The molecule has 0 atom stereocenters. The average Bonchev–Trinajstić information content (AvgIpc) is 2.78. The Balaban J connectivity index is 1.69. The molecule has 0 N–H and O–H groups in total. The van der Waals surface area contributed by atoms with Crippen LogP contribution in [0.1, 0.15) is 27.9 Å². The van der Waals surface area contributed by atoms with Crippen LogP contribution in [-0.2, 0) is 6.42 Å². The molecule has 31 heavy (non-hydrogen) atoms. The Hall–Kier alpha value is -2.49. The molecule has 4 aromatic carbocycles. The Bertz CT molecular complexity index is 1470. The number of benzene rings is 4. The standard InChI is InChI=1S/C28H18Br2O/c29-28(30)13-12-21-15-19-8-3-4-10-22(19)27(31)25(21)26(28)23-11-5-9-20-14-17-6-1-2-7-18(17)16-24(20)23/h1-12,14,16H,13,15H2. The maximum atomic E-state index is 13.7. The number of allylic oxidation sites excluding steroid dienone is 4.